The molecule has 0 saturated heterocycles. The molecule has 0 aliphatic carbocycles. The minimum Gasteiger partial charge on any atom is -0.467 e. The Morgan fingerprint density at radius 1 is 1.50 bits per heavy atom. The van der Waals surface area contributed by atoms with Crippen LogP contribution in [0.3, 0.4) is 0 Å². The summed E-state index contributed by atoms with van der Waals surface area (Å²) in [5, 5.41) is 2.83. The lowest BCUT2D eigenvalue weighted by Gasteiger charge is -2.27. The number of rotatable bonds is 3. The van der Waals surface area contributed by atoms with Crippen LogP contribution in [0, 0.1) is 5.41 Å². The molecule has 0 fully saturated rings. The van der Waals surface area contributed by atoms with Crippen molar-refractivity contribution in [2.75, 3.05) is 0 Å². The molecule has 0 aromatic carbocycles. The highest BCUT2D eigenvalue weighted by Crippen LogP contribution is 2.19. The molecule has 0 aliphatic heterocycles. The number of carbonyl (C=O) groups excluding carboxylic acids is 1. The molecule has 0 bridgehead atoms. The highest BCUT2D eigenvalue weighted by atomic mass is 16.3. The van der Waals surface area contributed by atoms with E-state index in [1.807, 2.05) is 33.8 Å². The molecule has 1 aromatic rings. The standard InChI is InChI=1S/C12H20N2O2/c1-8(9-6-5-7-16-9)14-11(15)10(13)12(2,3)4/h5-8,10H,13H2,1-4H3,(H,14,15)/t8?,10-/m1/s1. The SMILES string of the molecule is CC(NC(=O)[C@@H](N)C(C)(C)C)c1ccco1. The number of hydrogen-bond donors (Lipinski definition) is 2. The Hall–Kier alpha value is -1.29. The van der Waals surface area contributed by atoms with E-state index in [1.54, 1.807) is 12.3 Å². The van der Waals surface area contributed by atoms with Gasteiger partial charge in [0.05, 0.1) is 18.3 Å². The Labute approximate surface area is 96.2 Å². The van der Waals surface area contributed by atoms with E-state index in [0.29, 0.717) is 0 Å². The molecule has 4 nitrogen and oxygen atoms in total. The first-order valence-electron chi connectivity index (χ1n) is 5.41. The van der Waals surface area contributed by atoms with Crippen LogP contribution in [-0.4, -0.2) is 11.9 Å². The fraction of sp³-hybridized carbons (Fsp3) is 0.583. The maximum atomic E-state index is 11.8. The van der Waals surface area contributed by atoms with E-state index in [0.717, 1.165) is 5.76 Å². The minimum absolute atomic E-state index is 0.156. The molecule has 1 rings (SSSR count). The first kappa shape index (κ1) is 12.8. The fourth-order valence-electron chi connectivity index (χ4n) is 1.31. The molecule has 0 saturated carbocycles. The van der Waals surface area contributed by atoms with E-state index in [2.05, 4.69) is 5.32 Å². The third kappa shape index (κ3) is 3.10. The van der Waals surface area contributed by atoms with Crippen molar-refractivity contribution < 1.29 is 9.21 Å². The van der Waals surface area contributed by atoms with Crippen molar-refractivity contribution in [3.05, 3.63) is 24.2 Å². The summed E-state index contributed by atoms with van der Waals surface area (Å²) >= 11 is 0. The fourth-order valence-corrected chi connectivity index (χ4v) is 1.31. The average Bonchev–Trinajstić information content (AvgIpc) is 2.67. The lowest BCUT2D eigenvalue weighted by Crippen LogP contribution is -2.49. The van der Waals surface area contributed by atoms with Crippen molar-refractivity contribution in [3.8, 4) is 0 Å². The number of amides is 1. The zero-order valence-electron chi connectivity index (χ0n) is 10.3. The van der Waals surface area contributed by atoms with Gasteiger partial charge in [0, 0.05) is 0 Å². The van der Waals surface area contributed by atoms with E-state index in [9.17, 15) is 4.79 Å². The van der Waals surface area contributed by atoms with Crippen LogP contribution in [0.2, 0.25) is 0 Å². The molecule has 1 unspecified atom stereocenters. The van der Waals surface area contributed by atoms with Crippen LogP contribution in [-0.2, 0) is 4.79 Å². The summed E-state index contributed by atoms with van der Waals surface area (Å²) in [6, 6.07) is 2.94. The topological polar surface area (TPSA) is 68.3 Å². The Kier molecular flexibility index (Phi) is 3.75. The van der Waals surface area contributed by atoms with Crippen LogP contribution >= 0.6 is 0 Å². The van der Waals surface area contributed by atoms with Gasteiger partial charge in [0.2, 0.25) is 5.91 Å². The highest BCUT2D eigenvalue weighted by Gasteiger charge is 2.28. The molecule has 0 radical (unpaired) electrons. The van der Waals surface area contributed by atoms with Gasteiger partial charge in [-0.1, -0.05) is 20.8 Å². The third-order valence-corrected chi connectivity index (χ3v) is 2.54. The summed E-state index contributed by atoms with van der Waals surface area (Å²) in [4.78, 5) is 11.8. The zero-order valence-corrected chi connectivity index (χ0v) is 10.3. The maximum Gasteiger partial charge on any atom is 0.238 e. The molecule has 3 N–H and O–H groups in total. The Morgan fingerprint density at radius 2 is 2.12 bits per heavy atom. The van der Waals surface area contributed by atoms with Gasteiger partial charge >= 0.3 is 0 Å². The predicted molar refractivity (Wildman–Crippen MR) is 62.7 cm³/mol. The van der Waals surface area contributed by atoms with Gasteiger partial charge in [0.1, 0.15) is 5.76 Å². The first-order chi connectivity index (χ1) is 7.32. The number of furan rings is 1. The molecule has 1 heterocycles. The summed E-state index contributed by atoms with van der Waals surface area (Å²) in [7, 11) is 0. The van der Waals surface area contributed by atoms with Gasteiger partial charge in [-0.25, -0.2) is 0 Å². The summed E-state index contributed by atoms with van der Waals surface area (Å²) in [6.45, 7) is 7.69. The van der Waals surface area contributed by atoms with Crippen LogP contribution in [0.25, 0.3) is 0 Å². The summed E-state index contributed by atoms with van der Waals surface area (Å²) < 4.78 is 5.21. The van der Waals surface area contributed by atoms with Crippen molar-refractivity contribution in [2.45, 2.75) is 39.8 Å². The second-order valence-corrected chi connectivity index (χ2v) is 5.09. The second kappa shape index (κ2) is 4.70. The van der Waals surface area contributed by atoms with Crippen LogP contribution in [0.1, 0.15) is 39.5 Å². The molecular weight excluding hydrogens is 204 g/mol. The van der Waals surface area contributed by atoms with E-state index in [-0.39, 0.29) is 17.4 Å². The number of hydrogen-bond acceptors (Lipinski definition) is 3. The predicted octanol–water partition coefficient (Wildman–Crippen LogP) is 1.83. The number of carbonyl (C=O) groups is 1. The summed E-state index contributed by atoms with van der Waals surface area (Å²) in [5.41, 5.74) is 5.61. The summed E-state index contributed by atoms with van der Waals surface area (Å²) in [5.74, 6) is 0.575. The van der Waals surface area contributed by atoms with Gasteiger partial charge in [-0.05, 0) is 24.5 Å². The van der Waals surface area contributed by atoms with E-state index in [4.69, 9.17) is 10.2 Å². The Morgan fingerprint density at radius 3 is 2.56 bits per heavy atom. The molecule has 0 aliphatic rings. The molecule has 0 spiro atoms. The van der Waals surface area contributed by atoms with Crippen LogP contribution < -0.4 is 11.1 Å². The molecule has 1 aromatic heterocycles. The van der Waals surface area contributed by atoms with E-state index >= 15 is 0 Å². The molecular formula is C12H20N2O2. The highest BCUT2D eigenvalue weighted by molar-refractivity contribution is 5.82. The maximum absolute atomic E-state index is 11.8. The van der Waals surface area contributed by atoms with Crippen molar-refractivity contribution >= 4 is 5.91 Å². The average molecular weight is 224 g/mol. The third-order valence-electron chi connectivity index (χ3n) is 2.54. The second-order valence-electron chi connectivity index (χ2n) is 5.09. The van der Waals surface area contributed by atoms with Gasteiger partial charge in [0.25, 0.3) is 0 Å². The van der Waals surface area contributed by atoms with Crippen molar-refractivity contribution in [1.82, 2.24) is 5.32 Å². The van der Waals surface area contributed by atoms with Gasteiger partial charge in [-0.15, -0.1) is 0 Å². The molecule has 4 heteroatoms. The number of nitrogens with two attached hydrogens (primary N) is 1. The Bertz CT molecular complexity index is 338. The van der Waals surface area contributed by atoms with Crippen molar-refractivity contribution in [2.24, 2.45) is 11.1 Å². The largest absolute Gasteiger partial charge is 0.467 e. The Balaban J connectivity index is 2.59. The zero-order chi connectivity index (χ0) is 12.3. The molecule has 2 atom stereocenters. The van der Waals surface area contributed by atoms with Crippen LogP contribution in [0.5, 0.6) is 0 Å². The smallest absolute Gasteiger partial charge is 0.238 e. The van der Waals surface area contributed by atoms with Crippen LogP contribution in [0.15, 0.2) is 22.8 Å². The van der Waals surface area contributed by atoms with Gasteiger partial charge < -0.3 is 15.5 Å². The van der Waals surface area contributed by atoms with Gasteiger partial charge in [-0.3, -0.25) is 4.79 Å². The minimum atomic E-state index is -0.523. The quantitative estimate of drug-likeness (QED) is 0.823. The van der Waals surface area contributed by atoms with Crippen LogP contribution in [0.4, 0.5) is 0 Å². The van der Waals surface area contributed by atoms with Gasteiger partial charge in [-0.2, -0.15) is 0 Å². The molecule has 90 valence electrons. The molecule has 1 amide bonds. The van der Waals surface area contributed by atoms with Crippen molar-refractivity contribution in [3.63, 3.8) is 0 Å². The van der Waals surface area contributed by atoms with E-state index in [1.165, 1.54) is 0 Å². The monoisotopic (exact) mass is 224 g/mol. The summed E-state index contributed by atoms with van der Waals surface area (Å²) in [6.07, 6.45) is 1.58. The number of nitrogens with one attached hydrogen (secondary N) is 1. The van der Waals surface area contributed by atoms with Gasteiger partial charge in [0.15, 0.2) is 0 Å². The lowest BCUT2D eigenvalue weighted by molar-refractivity contribution is -0.125. The first-order valence-corrected chi connectivity index (χ1v) is 5.41. The normalized spacial score (nSPS) is 15.6. The van der Waals surface area contributed by atoms with E-state index < -0.39 is 6.04 Å². The lowest BCUT2D eigenvalue weighted by atomic mass is 9.87. The molecule has 16 heavy (non-hydrogen) atoms. The van der Waals surface area contributed by atoms with Crippen molar-refractivity contribution in [1.29, 1.82) is 0 Å².